The molecule has 1 aliphatic heterocycles. The van der Waals surface area contributed by atoms with E-state index in [1.165, 1.54) is 22.1 Å². The number of hydrogen-bond donors (Lipinski definition) is 1. The van der Waals surface area contributed by atoms with Crippen molar-refractivity contribution in [2.24, 2.45) is 0 Å². The van der Waals surface area contributed by atoms with E-state index < -0.39 is 10.0 Å². The highest BCUT2D eigenvalue weighted by molar-refractivity contribution is 8.00. The fourth-order valence-corrected chi connectivity index (χ4v) is 4.42. The lowest BCUT2D eigenvalue weighted by Gasteiger charge is -2.20. The molecule has 0 radical (unpaired) electrons. The lowest BCUT2D eigenvalue weighted by molar-refractivity contribution is -0.113. The average molecular weight is 348 g/mol. The Balaban J connectivity index is 1.86. The minimum absolute atomic E-state index is 0.0701. The number of benzene rings is 2. The second kappa shape index (κ2) is 6.35. The third-order valence-electron chi connectivity index (χ3n) is 3.54. The molecule has 0 saturated heterocycles. The van der Waals surface area contributed by atoms with Crippen LogP contribution in [0, 0.1) is 0 Å². The van der Waals surface area contributed by atoms with E-state index in [4.69, 9.17) is 0 Å². The molecule has 1 amide bonds. The van der Waals surface area contributed by atoms with Crippen LogP contribution in [0.4, 0.5) is 5.69 Å². The number of amides is 1. The summed E-state index contributed by atoms with van der Waals surface area (Å²) in [5, 5.41) is 2.74. The van der Waals surface area contributed by atoms with Gasteiger partial charge in [0.25, 0.3) is 0 Å². The SMILES string of the molecule is CN(Cc1ccccc1)S(=O)(=O)c1ccc2c(c1)SCC(=O)N2. The number of sulfonamides is 1. The molecule has 0 unspecified atom stereocenters. The number of fused-ring (bicyclic) bond motifs is 1. The maximum absolute atomic E-state index is 12.7. The van der Waals surface area contributed by atoms with Gasteiger partial charge in [0.05, 0.1) is 16.3 Å². The van der Waals surface area contributed by atoms with Crippen LogP contribution in [0.25, 0.3) is 0 Å². The molecular weight excluding hydrogens is 332 g/mol. The zero-order chi connectivity index (χ0) is 16.4. The number of rotatable bonds is 4. The summed E-state index contributed by atoms with van der Waals surface area (Å²) in [6, 6.07) is 14.2. The normalized spacial score (nSPS) is 14.4. The Labute approximate surface area is 139 Å². The molecule has 0 spiro atoms. The fourth-order valence-electron chi connectivity index (χ4n) is 2.32. The van der Waals surface area contributed by atoms with E-state index in [9.17, 15) is 13.2 Å². The van der Waals surface area contributed by atoms with Crippen LogP contribution in [0.2, 0.25) is 0 Å². The minimum Gasteiger partial charge on any atom is -0.324 e. The monoisotopic (exact) mass is 348 g/mol. The molecule has 0 atom stereocenters. The van der Waals surface area contributed by atoms with Gasteiger partial charge in [-0.15, -0.1) is 11.8 Å². The third kappa shape index (κ3) is 3.41. The van der Waals surface area contributed by atoms with Gasteiger partial charge in [0, 0.05) is 18.5 Å². The summed E-state index contributed by atoms with van der Waals surface area (Å²) in [5.74, 6) is 0.232. The van der Waals surface area contributed by atoms with Gasteiger partial charge < -0.3 is 5.32 Å². The van der Waals surface area contributed by atoms with Crippen molar-refractivity contribution < 1.29 is 13.2 Å². The summed E-state index contributed by atoms with van der Waals surface area (Å²) in [6.45, 7) is 0.310. The lowest BCUT2D eigenvalue weighted by atomic mass is 10.2. The van der Waals surface area contributed by atoms with Crippen molar-refractivity contribution in [2.75, 3.05) is 18.1 Å². The molecule has 0 fully saturated rings. The summed E-state index contributed by atoms with van der Waals surface area (Å²) < 4.78 is 26.8. The van der Waals surface area contributed by atoms with Crippen LogP contribution < -0.4 is 5.32 Å². The number of nitrogens with one attached hydrogen (secondary N) is 1. The summed E-state index contributed by atoms with van der Waals surface area (Å²) >= 11 is 1.35. The van der Waals surface area contributed by atoms with Crippen LogP contribution in [0.5, 0.6) is 0 Å². The summed E-state index contributed by atoms with van der Waals surface area (Å²) in [4.78, 5) is 12.4. The van der Waals surface area contributed by atoms with Crippen LogP contribution in [-0.4, -0.2) is 31.4 Å². The Bertz CT molecular complexity index is 836. The summed E-state index contributed by atoms with van der Waals surface area (Å²) in [5.41, 5.74) is 1.59. The second-order valence-corrected chi connectivity index (χ2v) is 8.30. The first-order valence-corrected chi connectivity index (χ1v) is 9.46. The van der Waals surface area contributed by atoms with Gasteiger partial charge in [-0.2, -0.15) is 4.31 Å². The predicted molar refractivity (Wildman–Crippen MR) is 90.9 cm³/mol. The van der Waals surface area contributed by atoms with Gasteiger partial charge in [-0.25, -0.2) is 8.42 Å². The van der Waals surface area contributed by atoms with Crippen molar-refractivity contribution >= 4 is 33.4 Å². The topological polar surface area (TPSA) is 66.5 Å². The highest BCUT2D eigenvalue weighted by Crippen LogP contribution is 2.33. The molecule has 1 N–H and O–H groups in total. The maximum atomic E-state index is 12.7. The van der Waals surface area contributed by atoms with Crippen LogP contribution in [0.1, 0.15) is 5.56 Å². The van der Waals surface area contributed by atoms with Gasteiger partial charge in [0.2, 0.25) is 15.9 Å². The predicted octanol–water partition coefficient (Wildman–Crippen LogP) is 2.55. The van der Waals surface area contributed by atoms with Gasteiger partial charge in [-0.3, -0.25) is 4.79 Å². The summed E-state index contributed by atoms with van der Waals surface area (Å²) in [7, 11) is -2.01. The molecule has 1 heterocycles. The minimum atomic E-state index is -3.58. The first kappa shape index (κ1) is 16.0. The smallest absolute Gasteiger partial charge is 0.243 e. The number of thioether (sulfide) groups is 1. The average Bonchev–Trinajstić information content (AvgIpc) is 2.55. The van der Waals surface area contributed by atoms with E-state index in [1.54, 1.807) is 19.2 Å². The fraction of sp³-hybridized carbons (Fsp3) is 0.188. The van der Waals surface area contributed by atoms with Crippen LogP contribution >= 0.6 is 11.8 Å². The molecule has 0 bridgehead atoms. The molecule has 0 aliphatic carbocycles. The quantitative estimate of drug-likeness (QED) is 0.922. The summed E-state index contributed by atoms with van der Waals surface area (Å²) in [6.07, 6.45) is 0. The van der Waals surface area contributed by atoms with Gasteiger partial charge >= 0.3 is 0 Å². The van der Waals surface area contributed by atoms with Gasteiger partial charge in [-0.05, 0) is 23.8 Å². The molecule has 5 nitrogen and oxygen atoms in total. The standard InChI is InChI=1S/C16H16N2O3S2/c1-18(10-12-5-3-2-4-6-12)23(20,21)13-7-8-14-15(9-13)22-11-16(19)17-14/h2-9H,10-11H2,1H3,(H,17,19). The lowest BCUT2D eigenvalue weighted by Crippen LogP contribution is -2.27. The highest BCUT2D eigenvalue weighted by atomic mass is 32.2. The number of hydrogen-bond acceptors (Lipinski definition) is 4. The van der Waals surface area contributed by atoms with Gasteiger partial charge in [-0.1, -0.05) is 30.3 Å². The van der Waals surface area contributed by atoms with Crippen molar-refractivity contribution in [1.29, 1.82) is 0 Å². The molecule has 3 rings (SSSR count). The number of anilines is 1. The zero-order valence-corrected chi connectivity index (χ0v) is 14.2. The molecule has 23 heavy (non-hydrogen) atoms. The van der Waals surface area contributed by atoms with Crippen molar-refractivity contribution in [3.63, 3.8) is 0 Å². The molecule has 2 aromatic carbocycles. The van der Waals surface area contributed by atoms with E-state index in [2.05, 4.69) is 5.32 Å². The van der Waals surface area contributed by atoms with Crippen molar-refractivity contribution in [3.8, 4) is 0 Å². The Morgan fingerprint density at radius 3 is 2.65 bits per heavy atom. The van der Waals surface area contributed by atoms with Crippen LogP contribution in [0.15, 0.2) is 58.3 Å². The van der Waals surface area contributed by atoms with Crippen molar-refractivity contribution in [1.82, 2.24) is 4.31 Å². The van der Waals surface area contributed by atoms with Crippen LogP contribution in [0.3, 0.4) is 0 Å². The second-order valence-electron chi connectivity index (χ2n) is 5.24. The van der Waals surface area contributed by atoms with E-state index in [-0.39, 0.29) is 10.8 Å². The van der Waals surface area contributed by atoms with E-state index in [0.29, 0.717) is 18.0 Å². The molecule has 1 aliphatic rings. The maximum Gasteiger partial charge on any atom is 0.243 e. The largest absolute Gasteiger partial charge is 0.324 e. The molecule has 120 valence electrons. The van der Waals surface area contributed by atoms with Gasteiger partial charge in [0.1, 0.15) is 0 Å². The molecule has 7 heteroatoms. The molecule has 2 aromatic rings. The van der Waals surface area contributed by atoms with E-state index >= 15 is 0 Å². The Morgan fingerprint density at radius 1 is 1.17 bits per heavy atom. The zero-order valence-electron chi connectivity index (χ0n) is 12.5. The number of carbonyl (C=O) groups is 1. The molecule has 0 saturated carbocycles. The first-order valence-electron chi connectivity index (χ1n) is 7.04. The Morgan fingerprint density at radius 2 is 1.91 bits per heavy atom. The molecule has 0 aromatic heterocycles. The molecular formula is C16H16N2O3S2. The number of nitrogens with zero attached hydrogens (tertiary/aromatic N) is 1. The third-order valence-corrected chi connectivity index (χ3v) is 6.40. The van der Waals surface area contributed by atoms with E-state index in [0.717, 1.165) is 10.5 Å². The Hall–Kier alpha value is -1.83. The van der Waals surface area contributed by atoms with Crippen molar-refractivity contribution in [2.45, 2.75) is 16.3 Å². The number of carbonyl (C=O) groups excluding carboxylic acids is 1. The van der Waals surface area contributed by atoms with Gasteiger partial charge in [0.15, 0.2) is 0 Å². The Kier molecular flexibility index (Phi) is 4.43. The first-order chi connectivity index (χ1) is 11.0. The van der Waals surface area contributed by atoms with Crippen LogP contribution in [-0.2, 0) is 21.4 Å². The van der Waals surface area contributed by atoms with Crippen molar-refractivity contribution in [3.05, 3.63) is 54.1 Å². The highest BCUT2D eigenvalue weighted by Gasteiger charge is 2.24. The van der Waals surface area contributed by atoms with E-state index in [1.807, 2.05) is 30.3 Å².